The molecule has 0 bridgehead atoms. The van der Waals surface area contributed by atoms with E-state index in [1.54, 1.807) is 12.1 Å². The first-order valence-corrected chi connectivity index (χ1v) is 7.06. The molecule has 2 aromatic carbocycles. The number of rotatable bonds is 3. The zero-order valence-electron chi connectivity index (χ0n) is 9.60. The van der Waals surface area contributed by atoms with Gasteiger partial charge in [0.1, 0.15) is 0 Å². The molecule has 0 aromatic heterocycles. The molecule has 92 valence electrons. The van der Waals surface area contributed by atoms with Crippen LogP contribution >= 0.6 is 7.60 Å². The van der Waals surface area contributed by atoms with Gasteiger partial charge in [0.2, 0.25) is 0 Å². The molecule has 0 aliphatic carbocycles. The van der Waals surface area contributed by atoms with Gasteiger partial charge in [-0.1, -0.05) is 54.6 Å². The summed E-state index contributed by atoms with van der Waals surface area (Å²) in [4.78, 5) is 18.0. The highest BCUT2D eigenvalue weighted by atomic mass is 31.2. The average molecular weight is 260 g/mol. The van der Waals surface area contributed by atoms with Crippen molar-refractivity contribution >= 4 is 25.1 Å². The third-order valence-electron chi connectivity index (χ3n) is 2.50. The predicted molar refractivity (Wildman–Crippen MR) is 73.5 cm³/mol. The van der Waals surface area contributed by atoms with E-state index in [9.17, 15) is 4.57 Å². The van der Waals surface area contributed by atoms with Crippen LogP contribution in [0.4, 0.5) is 0 Å². The summed E-state index contributed by atoms with van der Waals surface area (Å²) in [5.41, 5.74) is 1.98. The lowest BCUT2D eigenvalue weighted by Crippen LogP contribution is -2.02. The maximum atomic E-state index is 11.0. The molecule has 0 spiro atoms. The van der Waals surface area contributed by atoms with Gasteiger partial charge in [0, 0.05) is 0 Å². The molecule has 18 heavy (non-hydrogen) atoms. The highest BCUT2D eigenvalue weighted by Gasteiger charge is 2.15. The second-order valence-electron chi connectivity index (χ2n) is 3.88. The lowest BCUT2D eigenvalue weighted by Gasteiger charge is -2.03. The molecule has 0 aliphatic rings. The normalized spacial score (nSPS) is 11.9. The van der Waals surface area contributed by atoms with Crippen LogP contribution < -0.4 is 5.30 Å². The second-order valence-corrected chi connectivity index (χ2v) is 5.48. The van der Waals surface area contributed by atoms with Crippen LogP contribution in [0.25, 0.3) is 12.2 Å². The maximum Gasteiger partial charge on any atom is 0.356 e. The van der Waals surface area contributed by atoms with Crippen molar-refractivity contribution in [2.75, 3.05) is 0 Å². The minimum atomic E-state index is -4.14. The summed E-state index contributed by atoms with van der Waals surface area (Å²) in [5.74, 6) is 0. The van der Waals surface area contributed by atoms with E-state index in [1.807, 2.05) is 42.5 Å². The fourth-order valence-corrected chi connectivity index (χ4v) is 2.07. The molecule has 0 aliphatic heterocycles. The van der Waals surface area contributed by atoms with Crippen molar-refractivity contribution in [3.8, 4) is 0 Å². The van der Waals surface area contributed by atoms with Crippen molar-refractivity contribution in [1.29, 1.82) is 0 Å². The topological polar surface area (TPSA) is 57.5 Å². The first-order chi connectivity index (χ1) is 8.55. The Morgan fingerprint density at radius 1 is 0.778 bits per heavy atom. The van der Waals surface area contributed by atoms with E-state index in [0.29, 0.717) is 0 Å². The second kappa shape index (κ2) is 5.32. The van der Waals surface area contributed by atoms with Crippen molar-refractivity contribution in [2.24, 2.45) is 0 Å². The van der Waals surface area contributed by atoms with Gasteiger partial charge in [-0.3, -0.25) is 4.57 Å². The smallest absolute Gasteiger partial charge is 0.321 e. The summed E-state index contributed by atoms with van der Waals surface area (Å²) in [5, 5.41) is 0.0411. The van der Waals surface area contributed by atoms with E-state index >= 15 is 0 Å². The van der Waals surface area contributed by atoms with Crippen LogP contribution in [0.5, 0.6) is 0 Å². The minimum Gasteiger partial charge on any atom is -0.321 e. The zero-order valence-corrected chi connectivity index (χ0v) is 10.5. The number of benzene rings is 2. The van der Waals surface area contributed by atoms with E-state index in [-0.39, 0.29) is 5.30 Å². The van der Waals surface area contributed by atoms with Gasteiger partial charge in [0.25, 0.3) is 0 Å². The van der Waals surface area contributed by atoms with Gasteiger partial charge in [-0.15, -0.1) is 0 Å². The SMILES string of the molecule is O=P(O)(O)c1ccc(/C=C/c2ccccc2)cc1. The molecular weight excluding hydrogens is 247 g/mol. The van der Waals surface area contributed by atoms with Gasteiger partial charge in [0.15, 0.2) is 0 Å². The molecule has 2 rings (SSSR count). The Labute approximate surface area is 106 Å². The standard InChI is InChI=1S/C14H13O3P/c15-18(16,17)14-10-8-13(9-11-14)7-6-12-4-2-1-3-5-12/h1-11H,(H2,15,16,17)/b7-6+. The molecule has 0 amide bonds. The van der Waals surface area contributed by atoms with Gasteiger partial charge >= 0.3 is 7.60 Å². The maximum absolute atomic E-state index is 11.0. The summed E-state index contributed by atoms with van der Waals surface area (Å²) >= 11 is 0. The minimum absolute atomic E-state index is 0.0411. The summed E-state index contributed by atoms with van der Waals surface area (Å²) in [6.45, 7) is 0. The Morgan fingerprint density at radius 3 is 1.78 bits per heavy atom. The Kier molecular flexibility index (Phi) is 3.78. The third kappa shape index (κ3) is 3.41. The molecule has 0 fully saturated rings. The fraction of sp³-hybridized carbons (Fsp3) is 0. The molecule has 2 N–H and O–H groups in total. The van der Waals surface area contributed by atoms with Crippen LogP contribution in [0.15, 0.2) is 54.6 Å². The van der Waals surface area contributed by atoms with Crippen LogP contribution in [0.3, 0.4) is 0 Å². The Bertz CT molecular complexity index is 582. The number of hydrogen-bond donors (Lipinski definition) is 2. The molecule has 0 saturated carbocycles. The molecule has 3 nitrogen and oxygen atoms in total. The monoisotopic (exact) mass is 260 g/mol. The molecule has 0 heterocycles. The van der Waals surface area contributed by atoms with Crippen LogP contribution in [-0.2, 0) is 4.57 Å². The highest BCUT2D eigenvalue weighted by Crippen LogP contribution is 2.32. The lowest BCUT2D eigenvalue weighted by atomic mass is 10.1. The van der Waals surface area contributed by atoms with Crippen LogP contribution in [0, 0.1) is 0 Å². The highest BCUT2D eigenvalue weighted by molar-refractivity contribution is 7.60. The summed E-state index contributed by atoms with van der Waals surface area (Å²) in [7, 11) is -4.14. The molecule has 0 radical (unpaired) electrons. The first kappa shape index (κ1) is 12.8. The summed E-state index contributed by atoms with van der Waals surface area (Å²) in [6, 6.07) is 16.1. The quantitative estimate of drug-likeness (QED) is 0.659. The fourth-order valence-electron chi connectivity index (χ4n) is 1.54. The largest absolute Gasteiger partial charge is 0.356 e. The van der Waals surface area contributed by atoms with E-state index in [1.165, 1.54) is 12.1 Å². The molecule has 0 unspecified atom stereocenters. The van der Waals surface area contributed by atoms with Gasteiger partial charge in [-0.25, -0.2) is 0 Å². The van der Waals surface area contributed by atoms with Gasteiger partial charge in [-0.05, 0) is 23.3 Å². The molecular formula is C14H13O3P. The Hall–Kier alpha value is -1.67. The van der Waals surface area contributed by atoms with E-state index in [4.69, 9.17) is 9.79 Å². The molecule has 4 heteroatoms. The molecule has 0 saturated heterocycles. The molecule has 0 atom stereocenters. The first-order valence-electron chi connectivity index (χ1n) is 5.45. The van der Waals surface area contributed by atoms with Crippen molar-refractivity contribution < 1.29 is 14.4 Å². The van der Waals surface area contributed by atoms with Gasteiger partial charge in [-0.2, -0.15) is 0 Å². The Balaban J connectivity index is 2.17. The zero-order chi connectivity index (χ0) is 13.0. The average Bonchev–Trinajstić information content (AvgIpc) is 2.37. The van der Waals surface area contributed by atoms with Crippen molar-refractivity contribution in [3.05, 3.63) is 65.7 Å². The van der Waals surface area contributed by atoms with E-state index in [0.717, 1.165) is 11.1 Å². The van der Waals surface area contributed by atoms with Gasteiger partial charge in [0.05, 0.1) is 5.30 Å². The van der Waals surface area contributed by atoms with Crippen molar-refractivity contribution in [1.82, 2.24) is 0 Å². The number of hydrogen-bond acceptors (Lipinski definition) is 1. The van der Waals surface area contributed by atoms with Crippen molar-refractivity contribution in [3.63, 3.8) is 0 Å². The van der Waals surface area contributed by atoms with Crippen LogP contribution in [0.2, 0.25) is 0 Å². The summed E-state index contributed by atoms with van der Waals surface area (Å²) < 4.78 is 11.0. The van der Waals surface area contributed by atoms with Crippen LogP contribution in [-0.4, -0.2) is 9.79 Å². The van der Waals surface area contributed by atoms with E-state index < -0.39 is 7.60 Å². The van der Waals surface area contributed by atoms with E-state index in [2.05, 4.69) is 0 Å². The van der Waals surface area contributed by atoms with Crippen LogP contribution in [0.1, 0.15) is 11.1 Å². The van der Waals surface area contributed by atoms with Gasteiger partial charge < -0.3 is 9.79 Å². The predicted octanol–water partition coefficient (Wildman–Crippen LogP) is 2.66. The Morgan fingerprint density at radius 2 is 1.28 bits per heavy atom. The lowest BCUT2D eigenvalue weighted by molar-refractivity contribution is 0.387. The van der Waals surface area contributed by atoms with Crippen molar-refractivity contribution in [2.45, 2.75) is 0 Å². The molecule has 2 aromatic rings. The summed E-state index contributed by atoms with van der Waals surface area (Å²) in [6.07, 6.45) is 3.85. The third-order valence-corrected chi connectivity index (χ3v) is 3.47.